The predicted octanol–water partition coefficient (Wildman–Crippen LogP) is 0.732. The molecule has 5 heteroatoms. The first-order valence-corrected chi connectivity index (χ1v) is 8.11. The number of likely N-dealkylation sites (tertiary alicyclic amines) is 1. The Kier molecular flexibility index (Phi) is 6.76. The molecule has 0 saturated carbocycles. The number of nitrogens with zero attached hydrogens (tertiary/aromatic N) is 1. The summed E-state index contributed by atoms with van der Waals surface area (Å²) in [6, 6.07) is 0. The SMILES string of the molecule is NCCNC(=O)C1CCCN(CCCC2CCCO2)C1. The number of ether oxygens (including phenoxy) is 1. The summed E-state index contributed by atoms with van der Waals surface area (Å²) in [6.45, 7) is 5.18. The van der Waals surface area contributed by atoms with Crippen LogP contribution in [0.1, 0.15) is 38.5 Å². The van der Waals surface area contributed by atoms with Gasteiger partial charge in [-0.15, -0.1) is 0 Å². The molecule has 0 aromatic rings. The van der Waals surface area contributed by atoms with Crippen LogP contribution in [0.25, 0.3) is 0 Å². The number of carbonyl (C=O) groups excluding carboxylic acids is 1. The van der Waals surface area contributed by atoms with Crippen molar-refractivity contribution in [1.82, 2.24) is 10.2 Å². The van der Waals surface area contributed by atoms with Gasteiger partial charge in [0.2, 0.25) is 5.91 Å². The van der Waals surface area contributed by atoms with Crippen molar-refractivity contribution in [2.24, 2.45) is 11.7 Å². The number of rotatable bonds is 7. The van der Waals surface area contributed by atoms with Crippen molar-refractivity contribution in [3.05, 3.63) is 0 Å². The van der Waals surface area contributed by atoms with Crippen molar-refractivity contribution in [3.63, 3.8) is 0 Å². The lowest BCUT2D eigenvalue weighted by atomic mass is 9.96. The molecule has 3 N–H and O–H groups in total. The Morgan fingerprint density at radius 3 is 3.00 bits per heavy atom. The second-order valence-corrected chi connectivity index (χ2v) is 6.00. The molecule has 2 rings (SSSR count). The van der Waals surface area contributed by atoms with E-state index in [-0.39, 0.29) is 11.8 Å². The zero-order valence-electron chi connectivity index (χ0n) is 12.5. The normalized spacial score (nSPS) is 27.6. The number of nitrogens with two attached hydrogens (primary N) is 1. The van der Waals surface area contributed by atoms with Crippen LogP contribution < -0.4 is 11.1 Å². The van der Waals surface area contributed by atoms with E-state index in [1.807, 2.05) is 0 Å². The summed E-state index contributed by atoms with van der Waals surface area (Å²) in [5, 5.41) is 2.91. The standard InChI is InChI=1S/C15H29N3O2/c16-7-8-17-15(19)13-4-1-9-18(12-13)10-2-5-14-6-3-11-20-14/h13-14H,1-12,16H2,(H,17,19). The molecule has 0 aliphatic carbocycles. The number of carbonyl (C=O) groups is 1. The monoisotopic (exact) mass is 283 g/mol. The molecule has 2 aliphatic heterocycles. The van der Waals surface area contributed by atoms with Gasteiger partial charge in [-0.1, -0.05) is 0 Å². The number of nitrogens with one attached hydrogen (secondary N) is 1. The van der Waals surface area contributed by atoms with E-state index in [2.05, 4.69) is 10.2 Å². The van der Waals surface area contributed by atoms with Crippen molar-refractivity contribution < 1.29 is 9.53 Å². The molecule has 116 valence electrons. The fourth-order valence-corrected chi connectivity index (χ4v) is 3.23. The van der Waals surface area contributed by atoms with E-state index in [1.165, 1.54) is 25.7 Å². The summed E-state index contributed by atoms with van der Waals surface area (Å²) in [5.74, 6) is 0.331. The molecule has 0 aromatic heterocycles. The maximum atomic E-state index is 12.0. The summed E-state index contributed by atoms with van der Waals surface area (Å²) in [5.41, 5.74) is 5.42. The van der Waals surface area contributed by atoms with Gasteiger partial charge in [-0.05, 0) is 51.6 Å². The van der Waals surface area contributed by atoms with E-state index in [0.717, 1.165) is 39.1 Å². The fourth-order valence-electron chi connectivity index (χ4n) is 3.23. The Balaban J connectivity index is 1.63. The Bertz CT molecular complexity index is 293. The molecule has 0 radical (unpaired) electrons. The highest BCUT2D eigenvalue weighted by Gasteiger charge is 2.25. The molecular formula is C15H29N3O2. The third-order valence-electron chi connectivity index (χ3n) is 4.34. The Hall–Kier alpha value is -0.650. The van der Waals surface area contributed by atoms with Gasteiger partial charge in [0.25, 0.3) is 0 Å². The Morgan fingerprint density at radius 1 is 1.35 bits per heavy atom. The highest BCUT2D eigenvalue weighted by atomic mass is 16.5. The minimum atomic E-state index is 0.151. The second kappa shape index (κ2) is 8.60. The molecule has 2 aliphatic rings. The van der Waals surface area contributed by atoms with Crippen molar-refractivity contribution >= 4 is 5.91 Å². The van der Waals surface area contributed by atoms with Crippen LogP contribution in [0.15, 0.2) is 0 Å². The van der Waals surface area contributed by atoms with Gasteiger partial charge in [0, 0.05) is 26.2 Å². The second-order valence-electron chi connectivity index (χ2n) is 6.00. The van der Waals surface area contributed by atoms with Crippen LogP contribution in [0.5, 0.6) is 0 Å². The average molecular weight is 283 g/mol. The van der Waals surface area contributed by atoms with Crippen LogP contribution in [-0.2, 0) is 9.53 Å². The Labute approximate surface area is 122 Å². The number of piperidine rings is 1. The van der Waals surface area contributed by atoms with Crippen molar-refractivity contribution in [1.29, 1.82) is 0 Å². The quantitative estimate of drug-likeness (QED) is 0.723. The third-order valence-corrected chi connectivity index (χ3v) is 4.34. The van der Waals surface area contributed by atoms with Crippen LogP contribution in [0.4, 0.5) is 0 Å². The minimum absolute atomic E-state index is 0.151. The van der Waals surface area contributed by atoms with E-state index < -0.39 is 0 Å². The highest BCUT2D eigenvalue weighted by molar-refractivity contribution is 5.78. The lowest BCUT2D eigenvalue weighted by Crippen LogP contribution is -2.44. The largest absolute Gasteiger partial charge is 0.378 e. The molecule has 2 atom stereocenters. The van der Waals surface area contributed by atoms with Crippen molar-refractivity contribution in [3.8, 4) is 0 Å². The molecule has 0 bridgehead atoms. The van der Waals surface area contributed by atoms with E-state index in [0.29, 0.717) is 19.2 Å². The van der Waals surface area contributed by atoms with Crippen molar-refractivity contribution in [2.75, 3.05) is 39.3 Å². The van der Waals surface area contributed by atoms with E-state index in [4.69, 9.17) is 10.5 Å². The number of hydrogen-bond donors (Lipinski definition) is 2. The molecule has 0 aromatic carbocycles. The van der Waals surface area contributed by atoms with Gasteiger partial charge in [0.1, 0.15) is 0 Å². The van der Waals surface area contributed by atoms with Crippen LogP contribution in [-0.4, -0.2) is 56.2 Å². The zero-order valence-corrected chi connectivity index (χ0v) is 12.5. The summed E-state index contributed by atoms with van der Waals surface area (Å²) in [6.07, 6.45) is 7.42. The van der Waals surface area contributed by atoms with Gasteiger partial charge in [0.15, 0.2) is 0 Å². The molecule has 2 heterocycles. The van der Waals surface area contributed by atoms with Gasteiger partial charge in [-0.3, -0.25) is 4.79 Å². The van der Waals surface area contributed by atoms with Crippen molar-refractivity contribution in [2.45, 2.75) is 44.6 Å². The molecule has 2 saturated heterocycles. The number of hydrogen-bond acceptors (Lipinski definition) is 4. The summed E-state index contributed by atoms with van der Waals surface area (Å²) in [7, 11) is 0. The predicted molar refractivity (Wildman–Crippen MR) is 79.4 cm³/mol. The first-order chi connectivity index (χ1) is 9.79. The zero-order chi connectivity index (χ0) is 14.2. The molecule has 2 unspecified atom stereocenters. The van der Waals surface area contributed by atoms with Crippen LogP contribution >= 0.6 is 0 Å². The van der Waals surface area contributed by atoms with Gasteiger partial charge in [-0.2, -0.15) is 0 Å². The van der Waals surface area contributed by atoms with Gasteiger partial charge in [0.05, 0.1) is 12.0 Å². The lowest BCUT2D eigenvalue weighted by Gasteiger charge is -2.32. The Morgan fingerprint density at radius 2 is 2.25 bits per heavy atom. The molecular weight excluding hydrogens is 254 g/mol. The minimum Gasteiger partial charge on any atom is -0.378 e. The third kappa shape index (κ3) is 5.04. The molecule has 5 nitrogen and oxygen atoms in total. The summed E-state index contributed by atoms with van der Waals surface area (Å²) in [4.78, 5) is 14.4. The average Bonchev–Trinajstić information content (AvgIpc) is 2.98. The van der Waals surface area contributed by atoms with E-state index >= 15 is 0 Å². The topological polar surface area (TPSA) is 67.6 Å². The first-order valence-electron chi connectivity index (χ1n) is 8.11. The maximum Gasteiger partial charge on any atom is 0.224 e. The molecule has 20 heavy (non-hydrogen) atoms. The van der Waals surface area contributed by atoms with E-state index in [9.17, 15) is 4.79 Å². The van der Waals surface area contributed by atoms with Crippen LogP contribution in [0.2, 0.25) is 0 Å². The van der Waals surface area contributed by atoms with Gasteiger partial charge >= 0.3 is 0 Å². The smallest absolute Gasteiger partial charge is 0.224 e. The highest BCUT2D eigenvalue weighted by Crippen LogP contribution is 2.20. The summed E-state index contributed by atoms with van der Waals surface area (Å²) < 4.78 is 5.65. The molecule has 1 amide bonds. The van der Waals surface area contributed by atoms with Gasteiger partial charge < -0.3 is 20.7 Å². The first kappa shape index (κ1) is 15.7. The molecule has 0 spiro atoms. The van der Waals surface area contributed by atoms with E-state index in [1.54, 1.807) is 0 Å². The van der Waals surface area contributed by atoms with Crippen LogP contribution in [0.3, 0.4) is 0 Å². The van der Waals surface area contributed by atoms with Crippen LogP contribution in [0, 0.1) is 5.92 Å². The lowest BCUT2D eigenvalue weighted by molar-refractivity contribution is -0.126. The maximum absolute atomic E-state index is 12.0. The summed E-state index contributed by atoms with van der Waals surface area (Å²) >= 11 is 0. The van der Waals surface area contributed by atoms with Gasteiger partial charge in [-0.25, -0.2) is 0 Å². The fraction of sp³-hybridized carbons (Fsp3) is 0.933. The number of amides is 1. The molecule has 2 fully saturated rings.